The molecule has 0 aliphatic carbocycles. The molecule has 0 radical (unpaired) electrons. The monoisotopic (exact) mass is 370 g/mol. The van der Waals surface area contributed by atoms with Crippen LogP contribution in [0.5, 0.6) is 0 Å². The van der Waals surface area contributed by atoms with Crippen molar-refractivity contribution in [2.75, 3.05) is 5.32 Å². The maximum absolute atomic E-state index is 13.8. The van der Waals surface area contributed by atoms with Crippen molar-refractivity contribution in [3.05, 3.63) is 71.0 Å². The number of aromatic nitrogens is 1. The molecule has 124 valence electrons. The van der Waals surface area contributed by atoms with Gasteiger partial charge >= 0.3 is 0 Å². The van der Waals surface area contributed by atoms with Gasteiger partial charge in [-0.05, 0) is 23.6 Å². The van der Waals surface area contributed by atoms with Crippen molar-refractivity contribution in [3.63, 3.8) is 0 Å². The molecule has 0 saturated carbocycles. The van der Waals surface area contributed by atoms with Gasteiger partial charge in [-0.2, -0.15) is 0 Å². The van der Waals surface area contributed by atoms with Gasteiger partial charge in [-0.3, -0.25) is 4.79 Å². The number of carbonyl (C=O) groups excluding carboxylic acids is 1. The van der Waals surface area contributed by atoms with Gasteiger partial charge in [-0.25, -0.2) is 9.37 Å². The molecule has 4 aromatic rings. The molecule has 25 heavy (non-hydrogen) atoms. The molecule has 0 spiro atoms. The van der Waals surface area contributed by atoms with E-state index in [-0.39, 0.29) is 22.9 Å². The maximum atomic E-state index is 13.8. The van der Waals surface area contributed by atoms with Crippen LogP contribution in [0.4, 0.5) is 9.52 Å². The molecular weight excluding hydrogens is 359 g/mol. The Morgan fingerprint density at radius 2 is 1.96 bits per heavy atom. The summed E-state index contributed by atoms with van der Waals surface area (Å²) in [7, 11) is 0. The lowest BCUT2D eigenvalue weighted by Gasteiger charge is -2.05. The third kappa shape index (κ3) is 3.08. The van der Waals surface area contributed by atoms with Crippen LogP contribution in [0.3, 0.4) is 0 Å². The zero-order valence-corrected chi connectivity index (χ0v) is 14.5. The Morgan fingerprint density at radius 3 is 2.80 bits per heavy atom. The summed E-state index contributed by atoms with van der Waals surface area (Å²) in [6, 6.07) is 16.3. The fourth-order valence-corrected chi connectivity index (χ4v) is 3.87. The number of carbonyl (C=O) groups is 1. The fourth-order valence-electron chi connectivity index (χ4n) is 2.74. The number of fused-ring (bicyclic) bond motifs is 3. The average Bonchev–Trinajstić information content (AvgIpc) is 3.01. The van der Waals surface area contributed by atoms with E-state index in [1.807, 2.05) is 36.4 Å². The molecule has 3 aromatic carbocycles. The number of rotatable bonds is 3. The van der Waals surface area contributed by atoms with Gasteiger partial charge in [-0.15, -0.1) is 0 Å². The molecule has 3 nitrogen and oxygen atoms in total. The van der Waals surface area contributed by atoms with E-state index >= 15 is 0 Å². The second-order valence-corrected chi connectivity index (χ2v) is 7.02. The highest BCUT2D eigenvalue weighted by molar-refractivity contribution is 7.22. The number of nitrogens with zero attached hydrogens (tertiary/aromatic N) is 1. The van der Waals surface area contributed by atoms with E-state index < -0.39 is 5.82 Å². The minimum Gasteiger partial charge on any atom is -0.302 e. The number of thiazole rings is 1. The molecule has 1 amide bonds. The van der Waals surface area contributed by atoms with E-state index in [0.29, 0.717) is 5.13 Å². The van der Waals surface area contributed by atoms with E-state index in [9.17, 15) is 9.18 Å². The first-order chi connectivity index (χ1) is 12.1. The molecule has 0 aliphatic rings. The summed E-state index contributed by atoms with van der Waals surface area (Å²) in [5.74, 6) is -0.840. The van der Waals surface area contributed by atoms with Crippen LogP contribution < -0.4 is 5.32 Å². The van der Waals surface area contributed by atoms with E-state index in [2.05, 4.69) is 10.3 Å². The van der Waals surface area contributed by atoms with Crippen molar-refractivity contribution >= 4 is 55.0 Å². The van der Waals surface area contributed by atoms with Gasteiger partial charge in [0, 0.05) is 16.0 Å². The Morgan fingerprint density at radius 1 is 1.12 bits per heavy atom. The van der Waals surface area contributed by atoms with Crippen LogP contribution in [-0.4, -0.2) is 10.9 Å². The summed E-state index contributed by atoms with van der Waals surface area (Å²) in [6.07, 6.45) is -0.137. The summed E-state index contributed by atoms with van der Waals surface area (Å²) in [5, 5.41) is 5.60. The molecular formula is C19H12ClFN2OS. The minimum absolute atomic E-state index is 0.137. The topological polar surface area (TPSA) is 42.0 Å². The summed E-state index contributed by atoms with van der Waals surface area (Å²) < 4.78 is 14.8. The molecule has 0 atom stereocenters. The number of nitrogens with one attached hydrogen (secondary N) is 1. The van der Waals surface area contributed by atoms with Crippen LogP contribution >= 0.6 is 22.9 Å². The predicted octanol–water partition coefficient (Wildman–Crippen LogP) is 5.42. The number of halogens is 2. The highest BCUT2D eigenvalue weighted by Gasteiger charge is 2.14. The van der Waals surface area contributed by atoms with E-state index in [4.69, 9.17) is 11.6 Å². The van der Waals surface area contributed by atoms with Gasteiger partial charge in [0.2, 0.25) is 5.91 Å². The van der Waals surface area contributed by atoms with Gasteiger partial charge in [-0.1, -0.05) is 59.3 Å². The molecule has 1 heterocycles. The van der Waals surface area contributed by atoms with Crippen molar-refractivity contribution in [1.82, 2.24) is 4.98 Å². The van der Waals surface area contributed by atoms with Crippen molar-refractivity contribution in [3.8, 4) is 0 Å². The Hall–Kier alpha value is -2.50. The van der Waals surface area contributed by atoms with Gasteiger partial charge in [0.15, 0.2) is 5.13 Å². The zero-order valence-electron chi connectivity index (χ0n) is 12.9. The highest BCUT2D eigenvalue weighted by Crippen LogP contribution is 2.31. The normalized spacial score (nSPS) is 11.1. The first kappa shape index (κ1) is 16.0. The van der Waals surface area contributed by atoms with Gasteiger partial charge in [0.05, 0.1) is 16.6 Å². The summed E-state index contributed by atoms with van der Waals surface area (Å²) in [6.45, 7) is 0. The molecule has 1 N–H and O–H groups in total. The second-order valence-electron chi connectivity index (χ2n) is 5.58. The Labute approximate surface area is 152 Å². The highest BCUT2D eigenvalue weighted by atomic mass is 35.5. The summed E-state index contributed by atoms with van der Waals surface area (Å²) in [4.78, 5) is 16.8. The van der Waals surface area contributed by atoms with Gasteiger partial charge in [0.1, 0.15) is 5.82 Å². The number of anilines is 1. The average molecular weight is 371 g/mol. The number of amides is 1. The minimum atomic E-state index is -0.488. The SMILES string of the molecule is O=C(Cc1c(F)cccc1Cl)Nc1nc2c(ccc3ccccc32)s1. The summed E-state index contributed by atoms with van der Waals surface area (Å²) in [5.41, 5.74) is 1.04. The van der Waals surface area contributed by atoms with Crippen LogP contribution in [0.15, 0.2) is 54.6 Å². The molecule has 6 heteroatoms. The maximum Gasteiger partial charge on any atom is 0.230 e. The van der Waals surface area contributed by atoms with Crippen molar-refractivity contribution in [2.24, 2.45) is 0 Å². The molecule has 0 bridgehead atoms. The number of hydrogen-bond acceptors (Lipinski definition) is 3. The van der Waals surface area contributed by atoms with Crippen molar-refractivity contribution in [2.45, 2.75) is 6.42 Å². The number of hydrogen-bond donors (Lipinski definition) is 1. The fraction of sp³-hybridized carbons (Fsp3) is 0.0526. The summed E-state index contributed by atoms with van der Waals surface area (Å²) >= 11 is 7.36. The lowest BCUT2D eigenvalue weighted by molar-refractivity contribution is -0.115. The van der Waals surface area contributed by atoms with Crippen LogP contribution in [0.25, 0.3) is 21.0 Å². The van der Waals surface area contributed by atoms with Gasteiger partial charge < -0.3 is 5.32 Å². The first-order valence-corrected chi connectivity index (χ1v) is 8.82. The quantitative estimate of drug-likeness (QED) is 0.523. The predicted molar refractivity (Wildman–Crippen MR) is 101 cm³/mol. The zero-order chi connectivity index (χ0) is 17.4. The van der Waals surface area contributed by atoms with E-state index in [0.717, 1.165) is 21.0 Å². The lowest BCUT2D eigenvalue weighted by atomic mass is 10.1. The Kier molecular flexibility index (Phi) is 4.11. The third-order valence-corrected chi connectivity index (χ3v) is 5.22. The standard InChI is InChI=1S/C19H12ClFN2OS/c20-14-6-3-7-15(21)13(14)10-17(24)22-19-23-18-12-5-2-1-4-11(12)8-9-16(18)25-19/h1-9H,10H2,(H,22,23,24). The van der Waals surface area contributed by atoms with E-state index in [1.165, 1.54) is 23.5 Å². The van der Waals surface area contributed by atoms with Crippen molar-refractivity contribution in [1.29, 1.82) is 0 Å². The van der Waals surface area contributed by atoms with Gasteiger partial charge in [0.25, 0.3) is 0 Å². The Balaban J connectivity index is 1.62. The smallest absolute Gasteiger partial charge is 0.230 e. The largest absolute Gasteiger partial charge is 0.302 e. The van der Waals surface area contributed by atoms with Crippen LogP contribution in [0.2, 0.25) is 5.02 Å². The third-order valence-electron chi connectivity index (χ3n) is 3.93. The number of benzene rings is 3. The molecule has 0 fully saturated rings. The van der Waals surface area contributed by atoms with E-state index in [1.54, 1.807) is 6.07 Å². The van der Waals surface area contributed by atoms with Crippen molar-refractivity contribution < 1.29 is 9.18 Å². The van der Waals surface area contributed by atoms with Crippen LogP contribution in [0.1, 0.15) is 5.56 Å². The Bertz CT molecular complexity index is 1090. The van der Waals surface area contributed by atoms with Crippen LogP contribution in [0, 0.1) is 5.82 Å². The first-order valence-electron chi connectivity index (χ1n) is 7.63. The van der Waals surface area contributed by atoms with Crippen LogP contribution in [-0.2, 0) is 11.2 Å². The molecule has 0 saturated heterocycles. The molecule has 0 unspecified atom stereocenters. The second kappa shape index (κ2) is 6.43. The molecule has 4 rings (SSSR count). The molecule has 1 aromatic heterocycles. The lowest BCUT2D eigenvalue weighted by Crippen LogP contribution is -2.15. The molecule has 0 aliphatic heterocycles.